The van der Waals surface area contributed by atoms with Crippen molar-refractivity contribution in [2.75, 3.05) is 5.73 Å². The van der Waals surface area contributed by atoms with Crippen molar-refractivity contribution < 1.29 is 19.7 Å². The monoisotopic (exact) mass is 257 g/mol. The van der Waals surface area contributed by atoms with Crippen LogP contribution < -0.4 is 10.6 Å². The van der Waals surface area contributed by atoms with E-state index in [1.807, 2.05) is 0 Å². The lowest BCUT2D eigenvalue weighted by Gasteiger charge is -2.06. The first-order valence-electron chi connectivity index (χ1n) is 5.48. The zero-order chi connectivity index (χ0) is 13.8. The van der Waals surface area contributed by atoms with Crippen molar-refractivity contribution in [2.45, 2.75) is 0 Å². The van der Waals surface area contributed by atoms with Crippen LogP contribution in [0.1, 0.15) is 20.7 Å². The van der Waals surface area contributed by atoms with Gasteiger partial charge < -0.3 is 10.6 Å². The fraction of sp³-hybridized carbons (Fsp3) is 0. The Morgan fingerprint density at radius 2 is 1.68 bits per heavy atom. The minimum atomic E-state index is -0.768. The summed E-state index contributed by atoms with van der Waals surface area (Å²) in [6.45, 7) is 0. The second-order valence-corrected chi connectivity index (χ2v) is 3.87. The van der Waals surface area contributed by atoms with Crippen molar-refractivity contribution in [3.05, 3.63) is 59.7 Å². The molecule has 2 aromatic rings. The fourth-order valence-corrected chi connectivity index (χ4v) is 1.64. The quantitative estimate of drug-likeness (QED) is 0.288. The standard InChI is InChI=1S/C14H11NO4/c15-10-6-7-11(12(8-10)19-18)14(17)13(16)9-4-2-1-3-5-9/h1-8,18H,15H2. The maximum atomic E-state index is 12.1. The van der Waals surface area contributed by atoms with Gasteiger partial charge in [-0.2, -0.15) is 0 Å². The Kier molecular flexibility index (Phi) is 3.58. The highest BCUT2D eigenvalue weighted by atomic mass is 17.1. The van der Waals surface area contributed by atoms with Gasteiger partial charge in [0.2, 0.25) is 11.6 Å². The van der Waals surface area contributed by atoms with Gasteiger partial charge in [0.05, 0.1) is 5.56 Å². The molecule has 0 aliphatic rings. The highest BCUT2D eigenvalue weighted by Gasteiger charge is 2.22. The van der Waals surface area contributed by atoms with Crippen LogP contribution in [0.4, 0.5) is 5.69 Å². The van der Waals surface area contributed by atoms with Crippen molar-refractivity contribution in [2.24, 2.45) is 0 Å². The largest absolute Gasteiger partial charge is 0.399 e. The van der Waals surface area contributed by atoms with Crippen LogP contribution in [0.15, 0.2) is 48.5 Å². The molecule has 0 bridgehead atoms. The van der Waals surface area contributed by atoms with E-state index in [4.69, 9.17) is 11.0 Å². The maximum absolute atomic E-state index is 12.1. The summed E-state index contributed by atoms with van der Waals surface area (Å²) in [5.41, 5.74) is 6.05. The number of carbonyl (C=O) groups is 2. The third kappa shape index (κ3) is 2.61. The summed E-state index contributed by atoms with van der Waals surface area (Å²) in [5.74, 6) is -1.59. The first kappa shape index (κ1) is 12.8. The number of carbonyl (C=O) groups excluding carboxylic acids is 2. The molecule has 2 aromatic carbocycles. The van der Waals surface area contributed by atoms with E-state index in [2.05, 4.69) is 4.89 Å². The third-order valence-electron chi connectivity index (χ3n) is 2.59. The van der Waals surface area contributed by atoms with E-state index < -0.39 is 11.6 Å². The Labute approximate surface area is 109 Å². The maximum Gasteiger partial charge on any atom is 0.237 e. The molecule has 0 heterocycles. The number of nitrogen functional groups attached to an aromatic ring is 1. The van der Waals surface area contributed by atoms with Crippen LogP contribution in [-0.4, -0.2) is 16.8 Å². The summed E-state index contributed by atoms with van der Waals surface area (Å²) in [5, 5.41) is 8.73. The summed E-state index contributed by atoms with van der Waals surface area (Å²) in [6.07, 6.45) is 0. The number of hydrogen-bond acceptors (Lipinski definition) is 5. The van der Waals surface area contributed by atoms with Gasteiger partial charge in [-0.3, -0.25) is 9.59 Å². The first-order chi connectivity index (χ1) is 9.13. The van der Waals surface area contributed by atoms with Crippen LogP contribution in [0.3, 0.4) is 0 Å². The lowest BCUT2D eigenvalue weighted by molar-refractivity contribution is -0.137. The third-order valence-corrected chi connectivity index (χ3v) is 2.59. The van der Waals surface area contributed by atoms with Crippen LogP contribution in [0.2, 0.25) is 0 Å². The topological polar surface area (TPSA) is 89.6 Å². The minimum Gasteiger partial charge on any atom is -0.399 e. The predicted octanol–water partition coefficient (Wildman–Crippen LogP) is 2.19. The van der Waals surface area contributed by atoms with Crippen molar-refractivity contribution in [3.8, 4) is 5.75 Å². The average Bonchev–Trinajstić information content (AvgIpc) is 2.46. The molecular formula is C14H11NO4. The molecule has 0 amide bonds. The van der Waals surface area contributed by atoms with Gasteiger partial charge in [0.1, 0.15) is 0 Å². The average molecular weight is 257 g/mol. The van der Waals surface area contributed by atoms with E-state index in [1.165, 1.54) is 30.3 Å². The molecule has 3 N–H and O–H groups in total. The Morgan fingerprint density at radius 3 is 2.32 bits per heavy atom. The molecule has 5 nitrogen and oxygen atoms in total. The molecule has 2 rings (SSSR count). The number of benzene rings is 2. The highest BCUT2D eigenvalue weighted by molar-refractivity contribution is 6.49. The zero-order valence-corrected chi connectivity index (χ0v) is 9.87. The van der Waals surface area contributed by atoms with E-state index in [1.54, 1.807) is 18.2 Å². The molecule has 5 heteroatoms. The Balaban J connectivity index is 2.37. The van der Waals surface area contributed by atoms with E-state index in [9.17, 15) is 9.59 Å². The number of anilines is 1. The van der Waals surface area contributed by atoms with E-state index >= 15 is 0 Å². The summed E-state index contributed by atoms with van der Waals surface area (Å²) in [6, 6.07) is 12.2. The van der Waals surface area contributed by atoms with Gasteiger partial charge >= 0.3 is 0 Å². The molecule has 0 spiro atoms. The molecule has 0 fully saturated rings. The fourth-order valence-electron chi connectivity index (χ4n) is 1.64. The normalized spacial score (nSPS) is 9.95. The van der Waals surface area contributed by atoms with Crippen LogP contribution in [-0.2, 0) is 0 Å². The van der Waals surface area contributed by atoms with Crippen LogP contribution in [0.5, 0.6) is 5.75 Å². The van der Waals surface area contributed by atoms with Crippen molar-refractivity contribution in [3.63, 3.8) is 0 Å². The molecule has 0 aliphatic carbocycles. The predicted molar refractivity (Wildman–Crippen MR) is 69.2 cm³/mol. The molecule has 0 aromatic heterocycles. The van der Waals surface area contributed by atoms with E-state index in [-0.39, 0.29) is 16.9 Å². The molecule has 96 valence electrons. The number of Topliss-reactive ketones (excluding diaryl/α,β-unsaturated/α-hetero) is 2. The first-order valence-corrected chi connectivity index (χ1v) is 5.48. The van der Waals surface area contributed by atoms with Crippen molar-refractivity contribution >= 4 is 17.3 Å². The van der Waals surface area contributed by atoms with E-state index in [0.717, 1.165) is 0 Å². The van der Waals surface area contributed by atoms with Gasteiger partial charge in [-0.05, 0) is 12.1 Å². The molecule has 19 heavy (non-hydrogen) atoms. The number of ketones is 2. The summed E-state index contributed by atoms with van der Waals surface area (Å²) >= 11 is 0. The number of nitrogens with two attached hydrogens (primary N) is 1. The summed E-state index contributed by atoms with van der Waals surface area (Å²) in [7, 11) is 0. The highest BCUT2D eigenvalue weighted by Crippen LogP contribution is 2.23. The lowest BCUT2D eigenvalue weighted by atomic mass is 10.0. The van der Waals surface area contributed by atoms with Gasteiger partial charge in [0.25, 0.3) is 0 Å². The Hall–Kier alpha value is -2.66. The van der Waals surface area contributed by atoms with Gasteiger partial charge in [-0.25, -0.2) is 5.26 Å². The SMILES string of the molecule is Nc1ccc(C(=O)C(=O)c2ccccc2)c(OO)c1. The number of hydrogen-bond donors (Lipinski definition) is 2. The molecule has 0 aliphatic heterocycles. The van der Waals surface area contributed by atoms with Crippen LogP contribution in [0.25, 0.3) is 0 Å². The Morgan fingerprint density at radius 1 is 1.00 bits per heavy atom. The number of rotatable bonds is 4. The molecule has 0 saturated heterocycles. The second kappa shape index (κ2) is 5.32. The smallest absolute Gasteiger partial charge is 0.237 e. The van der Waals surface area contributed by atoms with Gasteiger partial charge in [-0.15, -0.1) is 0 Å². The van der Waals surface area contributed by atoms with Gasteiger partial charge in [0.15, 0.2) is 5.75 Å². The molecule has 0 atom stereocenters. The molecular weight excluding hydrogens is 246 g/mol. The summed E-state index contributed by atoms with van der Waals surface area (Å²) in [4.78, 5) is 28.1. The van der Waals surface area contributed by atoms with Crippen LogP contribution in [0, 0.1) is 0 Å². The zero-order valence-electron chi connectivity index (χ0n) is 9.87. The van der Waals surface area contributed by atoms with E-state index in [0.29, 0.717) is 5.69 Å². The lowest BCUT2D eigenvalue weighted by Crippen LogP contribution is -2.15. The van der Waals surface area contributed by atoms with Crippen molar-refractivity contribution in [1.82, 2.24) is 0 Å². The second-order valence-electron chi connectivity index (χ2n) is 3.87. The van der Waals surface area contributed by atoms with Crippen molar-refractivity contribution in [1.29, 1.82) is 0 Å². The Bertz CT molecular complexity index is 623. The van der Waals surface area contributed by atoms with Gasteiger partial charge in [0, 0.05) is 17.3 Å². The molecule has 0 unspecified atom stereocenters. The molecule has 0 saturated carbocycles. The van der Waals surface area contributed by atoms with Gasteiger partial charge in [-0.1, -0.05) is 30.3 Å². The van der Waals surface area contributed by atoms with Crippen LogP contribution >= 0.6 is 0 Å². The molecule has 0 radical (unpaired) electrons. The minimum absolute atomic E-state index is 0.0365. The summed E-state index contributed by atoms with van der Waals surface area (Å²) < 4.78 is 0.